The van der Waals surface area contributed by atoms with Gasteiger partial charge in [-0.3, -0.25) is 4.79 Å². The molecule has 1 aromatic rings. The predicted molar refractivity (Wildman–Crippen MR) is 78.1 cm³/mol. The van der Waals surface area contributed by atoms with Crippen molar-refractivity contribution in [3.8, 4) is 0 Å². The Morgan fingerprint density at radius 2 is 2.30 bits per heavy atom. The molecule has 0 saturated carbocycles. The van der Waals surface area contributed by atoms with Gasteiger partial charge in [0.2, 0.25) is 5.91 Å². The summed E-state index contributed by atoms with van der Waals surface area (Å²) in [5, 5.41) is 9.40. The minimum Gasteiger partial charge on any atom is -0.480 e. The van der Waals surface area contributed by atoms with E-state index in [1.807, 2.05) is 24.3 Å². The second-order valence-electron chi connectivity index (χ2n) is 5.04. The first-order valence-electron chi connectivity index (χ1n) is 6.48. The van der Waals surface area contributed by atoms with Crippen molar-refractivity contribution in [2.24, 2.45) is 11.7 Å². The lowest BCUT2D eigenvalue weighted by atomic mass is 10.0. The quantitative estimate of drug-likeness (QED) is 0.844. The number of carbonyl (C=O) groups excluding carboxylic acids is 1. The number of carboxylic acid groups (broad SMARTS) is 1. The maximum Gasteiger partial charge on any atom is 0.326 e. The van der Waals surface area contributed by atoms with Gasteiger partial charge in [-0.05, 0) is 30.2 Å². The number of hydrogen-bond donors (Lipinski definition) is 2. The Morgan fingerprint density at radius 3 is 2.85 bits per heavy atom. The number of nitrogens with two attached hydrogens (primary N) is 1. The molecule has 2 atom stereocenters. The summed E-state index contributed by atoms with van der Waals surface area (Å²) in [4.78, 5) is 24.9. The molecule has 2 rings (SSSR count). The van der Waals surface area contributed by atoms with Crippen LogP contribution in [0.5, 0.6) is 0 Å². The standard InChI is InChI=1S/C14H17BrN2O3/c15-11-3-1-2-9(4-11)5-12(14(19)20)17-8-10(7-16)6-13(17)18/h1-4,10,12H,5-8,16H2,(H,19,20). The molecule has 6 heteroatoms. The average molecular weight is 341 g/mol. The number of carbonyl (C=O) groups is 2. The second-order valence-corrected chi connectivity index (χ2v) is 5.96. The van der Waals surface area contributed by atoms with Crippen LogP contribution in [0.4, 0.5) is 0 Å². The van der Waals surface area contributed by atoms with Gasteiger partial charge in [0.05, 0.1) is 0 Å². The Bertz CT molecular complexity index is 521. The van der Waals surface area contributed by atoms with Crippen molar-refractivity contribution >= 4 is 27.8 Å². The number of benzene rings is 1. The van der Waals surface area contributed by atoms with Crippen LogP contribution in [0.3, 0.4) is 0 Å². The fourth-order valence-electron chi connectivity index (χ4n) is 2.49. The number of carboxylic acids is 1. The topological polar surface area (TPSA) is 83.6 Å². The van der Waals surface area contributed by atoms with E-state index >= 15 is 0 Å². The van der Waals surface area contributed by atoms with Crippen LogP contribution >= 0.6 is 15.9 Å². The fraction of sp³-hybridized carbons (Fsp3) is 0.429. The molecule has 1 fully saturated rings. The van der Waals surface area contributed by atoms with Crippen molar-refractivity contribution in [2.45, 2.75) is 18.9 Å². The van der Waals surface area contributed by atoms with Gasteiger partial charge in [-0.25, -0.2) is 4.79 Å². The minimum atomic E-state index is -0.976. The lowest BCUT2D eigenvalue weighted by Gasteiger charge is -2.24. The molecular weight excluding hydrogens is 324 g/mol. The third-order valence-corrected chi connectivity index (χ3v) is 4.04. The predicted octanol–water partition coefficient (Wildman–Crippen LogP) is 1.25. The summed E-state index contributed by atoms with van der Waals surface area (Å²) < 4.78 is 0.895. The SMILES string of the molecule is NCC1CC(=O)N(C(Cc2cccc(Br)c2)C(=O)O)C1. The zero-order valence-corrected chi connectivity index (χ0v) is 12.5. The van der Waals surface area contributed by atoms with Crippen LogP contribution in [0.25, 0.3) is 0 Å². The van der Waals surface area contributed by atoms with Crippen molar-refractivity contribution in [1.82, 2.24) is 4.90 Å². The van der Waals surface area contributed by atoms with E-state index in [4.69, 9.17) is 5.73 Å². The summed E-state index contributed by atoms with van der Waals surface area (Å²) in [6, 6.07) is 6.64. The number of rotatable bonds is 5. The number of nitrogens with zero attached hydrogens (tertiary/aromatic N) is 1. The first-order chi connectivity index (χ1) is 9.51. The van der Waals surface area contributed by atoms with Crippen LogP contribution in [0.1, 0.15) is 12.0 Å². The maximum absolute atomic E-state index is 11.9. The molecule has 1 aliphatic rings. The van der Waals surface area contributed by atoms with E-state index in [2.05, 4.69) is 15.9 Å². The third kappa shape index (κ3) is 3.37. The van der Waals surface area contributed by atoms with Crippen LogP contribution < -0.4 is 5.73 Å². The molecule has 0 aliphatic carbocycles. The van der Waals surface area contributed by atoms with Crippen LogP contribution in [-0.4, -0.2) is 41.0 Å². The summed E-state index contributed by atoms with van der Waals surface area (Å²) in [7, 11) is 0. The minimum absolute atomic E-state index is 0.0619. The number of hydrogen-bond acceptors (Lipinski definition) is 3. The first-order valence-corrected chi connectivity index (χ1v) is 7.27. The van der Waals surface area contributed by atoms with Crippen LogP contribution in [0.2, 0.25) is 0 Å². The lowest BCUT2D eigenvalue weighted by Crippen LogP contribution is -2.44. The van der Waals surface area contributed by atoms with E-state index in [9.17, 15) is 14.7 Å². The van der Waals surface area contributed by atoms with Gasteiger partial charge >= 0.3 is 5.97 Å². The van der Waals surface area contributed by atoms with E-state index in [1.54, 1.807) is 0 Å². The molecule has 1 aliphatic heterocycles. The van der Waals surface area contributed by atoms with Gasteiger partial charge in [0.15, 0.2) is 0 Å². The Kier molecular flexibility index (Phi) is 4.77. The largest absolute Gasteiger partial charge is 0.480 e. The molecule has 2 unspecified atom stereocenters. The molecule has 1 amide bonds. The highest BCUT2D eigenvalue weighted by Gasteiger charge is 2.37. The molecular formula is C14H17BrN2O3. The number of likely N-dealkylation sites (tertiary alicyclic amines) is 1. The van der Waals surface area contributed by atoms with Crippen molar-refractivity contribution in [3.05, 3.63) is 34.3 Å². The van der Waals surface area contributed by atoms with Gasteiger partial charge in [-0.1, -0.05) is 28.1 Å². The van der Waals surface area contributed by atoms with Gasteiger partial charge in [0.1, 0.15) is 6.04 Å². The van der Waals surface area contributed by atoms with Gasteiger partial charge in [-0.2, -0.15) is 0 Å². The smallest absolute Gasteiger partial charge is 0.326 e. The number of halogens is 1. The van der Waals surface area contributed by atoms with Crippen molar-refractivity contribution < 1.29 is 14.7 Å². The van der Waals surface area contributed by atoms with Crippen molar-refractivity contribution in [2.75, 3.05) is 13.1 Å². The summed E-state index contributed by atoms with van der Waals surface area (Å²) in [5.41, 5.74) is 6.46. The first kappa shape index (κ1) is 15.0. The number of amides is 1. The monoisotopic (exact) mass is 340 g/mol. The van der Waals surface area contributed by atoms with Crippen molar-refractivity contribution in [1.29, 1.82) is 0 Å². The van der Waals surface area contributed by atoms with E-state index in [0.29, 0.717) is 25.9 Å². The van der Waals surface area contributed by atoms with E-state index in [-0.39, 0.29) is 11.8 Å². The number of aliphatic carboxylic acids is 1. The molecule has 5 nitrogen and oxygen atoms in total. The van der Waals surface area contributed by atoms with Gasteiger partial charge in [0, 0.05) is 23.9 Å². The van der Waals surface area contributed by atoms with E-state index in [0.717, 1.165) is 10.0 Å². The molecule has 0 radical (unpaired) electrons. The molecule has 1 heterocycles. The van der Waals surface area contributed by atoms with Gasteiger partial charge in [0.25, 0.3) is 0 Å². The second kappa shape index (κ2) is 6.37. The Balaban J connectivity index is 2.16. The summed E-state index contributed by atoms with van der Waals surface area (Å²) in [6.45, 7) is 0.839. The highest BCUT2D eigenvalue weighted by molar-refractivity contribution is 9.10. The van der Waals surface area contributed by atoms with E-state index in [1.165, 1.54) is 4.90 Å². The lowest BCUT2D eigenvalue weighted by molar-refractivity contribution is -0.148. The highest BCUT2D eigenvalue weighted by Crippen LogP contribution is 2.22. The van der Waals surface area contributed by atoms with Crippen LogP contribution in [-0.2, 0) is 16.0 Å². The fourth-order valence-corrected chi connectivity index (χ4v) is 2.93. The molecule has 20 heavy (non-hydrogen) atoms. The van der Waals surface area contributed by atoms with Crippen LogP contribution in [0, 0.1) is 5.92 Å². The molecule has 1 saturated heterocycles. The Morgan fingerprint density at radius 1 is 1.55 bits per heavy atom. The maximum atomic E-state index is 11.9. The highest BCUT2D eigenvalue weighted by atomic mass is 79.9. The van der Waals surface area contributed by atoms with Gasteiger partial charge < -0.3 is 15.7 Å². The summed E-state index contributed by atoms with van der Waals surface area (Å²) in [5.74, 6) is -1.04. The van der Waals surface area contributed by atoms with E-state index < -0.39 is 12.0 Å². The van der Waals surface area contributed by atoms with Gasteiger partial charge in [-0.15, -0.1) is 0 Å². The molecule has 3 N–H and O–H groups in total. The average Bonchev–Trinajstić information content (AvgIpc) is 2.77. The molecule has 108 valence electrons. The Labute approximate surface area is 125 Å². The summed E-state index contributed by atoms with van der Waals surface area (Å²) >= 11 is 3.36. The molecule has 0 aromatic heterocycles. The molecule has 0 spiro atoms. The summed E-state index contributed by atoms with van der Waals surface area (Å²) in [6.07, 6.45) is 0.649. The molecule has 0 bridgehead atoms. The normalized spacial score (nSPS) is 20.2. The zero-order chi connectivity index (χ0) is 14.7. The third-order valence-electron chi connectivity index (χ3n) is 3.55. The molecule has 1 aromatic carbocycles. The van der Waals surface area contributed by atoms with Crippen LogP contribution in [0.15, 0.2) is 28.7 Å². The zero-order valence-electron chi connectivity index (χ0n) is 11.0. The Hall–Kier alpha value is -1.40. The van der Waals surface area contributed by atoms with Crippen molar-refractivity contribution in [3.63, 3.8) is 0 Å².